The minimum absolute atomic E-state index is 0.0152. The molecule has 2 unspecified atom stereocenters. The van der Waals surface area contributed by atoms with Gasteiger partial charge >= 0.3 is 0 Å². The van der Waals surface area contributed by atoms with E-state index in [2.05, 4.69) is 17.4 Å². The van der Waals surface area contributed by atoms with Gasteiger partial charge in [0.2, 0.25) is 11.8 Å². The second kappa shape index (κ2) is 4.68. The molecule has 0 spiro atoms. The number of rotatable bonds is 2. The molecule has 2 aliphatic rings. The molecule has 1 N–H and O–H groups in total. The van der Waals surface area contributed by atoms with Crippen LogP contribution in [0.4, 0.5) is 0 Å². The highest BCUT2D eigenvalue weighted by atomic mass is 16.2. The summed E-state index contributed by atoms with van der Waals surface area (Å²) in [6, 6.07) is 8.47. The molecule has 4 heteroatoms. The topological polar surface area (TPSA) is 49.4 Å². The standard InChI is InChI=1S/C15H18N2O2/c1-17(15(19)11-8-14(18)16-9-11)13-7-6-10-4-2-3-5-12(10)13/h2-5,11,13H,6-9H2,1H3,(H,16,18). The normalized spacial score (nSPS) is 25.0. The molecular weight excluding hydrogens is 240 g/mol. The van der Waals surface area contributed by atoms with Crippen molar-refractivity contribution in [3.8, 4) is 0 Å². The van der Waals surface area contributed by atoms with Crippen molar-refractivity contribution >= 4 is 11.8 Å². The highest BCUT2D eigenvalue weighted by molar-refractivity contribution is 5.89. The maximum absolute atomic E-state index is 12.4. The highest BCUT2D eigenvalue weighted by Gasteiger charge is 2.35. The number of amides is 2. The lowest BCUT2D eigenvalue weighted by Crippen LogP contribution is -2.36. The zero-order chi connectivity index (χ0) is 13.4. The van der Waals surface area contributed by atoms with Crippen LogP contribution in [0, 0.1) is 5.92 Å². The van der Waals surface area contributed by atoms with Crippen LogP contribution >= 0.6 is 0 Å². The Morgan fingerprint density at radius 1 is 1.37 bits per heavy atom. The molecule has 3 rings (SSSR count). The molecule has 1 aliphatic heterocycles. The van der Waals surface area contributed by atoms with Crippen LogP contribution in [0.5, 0.6) is 0 Å². The zero-order valence-corrected chi connectivity index (χ0v) is 11.1. The van der Waals surface area contributed by atoms with E-state index < -0.39 is 0 Å². The molecule has 2 amide bonds. The third-order valence-electron chi connectivity index (χ3n) is 4.24. The maximum atomic E-state index is 12.4. The van der Waals surface area contributed by atoms with Crippen molar-refractivity contribution in [2.24, 2.45) is 5.92 Å². The lowest BCUT2D eigenvalue weighted by molar-refractivity contribution is -0.136. The number of aryl methyl sites for hydroxylation is 1. The third kappa shape index (κ3) is 2.11. The summed E-state index contributed by atoms with van der Waals surface area (Å²) in [5, 5.41) is 2.73. The molecule has 19 heavy (non-hydrogen) atoms. The summed E-state index contributed by atoms with van der Waals surface area (Å²) in [6.45, 7) is 0.483. The van der Waals surface area contributed by atoms with Gasteiger partial charge in [-0.2, -0.15) is 0 Å². The van der Waals surface area contributed by atoms with Crippen LogP contribution in [0.3, 0.4) is 0 Å². The van der Waals surface area contributed by atoms with Crippen molar-refractivity contribution in [3.05, 3.63) is 35.4 Å². The van der Waals surface area contributed by atoms with Gasteiger partial charge in [0.1, 0.15) is 0 Å². The number of benzene rings is 1. The summed E-state index contributed by atoms with van der Waals surface area (Å²) in [6.07, 6.45) is 2.34. The fourth-order valence-corrected chi connectivity index (χ4v) is 3.16. The lowest BCUT2D eigenvalue weighted by Gasteiger charge is -2.27. The summed E-state index contributed by atoms with van der Waals surface area (Å²) < 4.78 is 0. The van der Waals surface area contributed by atoms with Crippen LogP contribution < -0.4 is 5.32 Å². The molecule has 0 aromatic heterocycles. The van der Waals surface area contributed by atoms with E-state index in [1.165, 1.54) is 11.1 Å². The van der Waals surface area contributed by atoms with Gasteiger partial charge in [0.25, 0.3) is 0 Å². The summed E-state index contributed by atoms with van der Waals surface area (Å²) in [5.74, 6) is -0.121. The molecule has 1 fully saturated rings. The van der Waals surface area contributed by atoms with E-state index in [9.17, 15) is 9.59 Å². The number of hydrogen-bond donors (Lipinski definition) is 1. The van der Waals surface area contributed by atoms with Crippen LogP contribution in [0.25, 0.3) is 0 Å². The van der Waals surface area contributed by atoms with Crippen LogP contribution in [-0.4, -0.2) is 30.3 Å². The highest BCUT2D eigenvalue weighted by Crippen LogP contribution is 2.35. The fraction of sp³-hybridized carbons (Fsp3) is 0.467. The van der Waals surface area contributed by atoms with Gasteiger partial charge in [-0.1, -0.05) is 24.3 Å². The number of nitrogens with one attached hydrogen (secondary N) is 1. The smallest absolute Gasteiger partial charge is 0.228 e. The van der Waals surface area contributed by atoms with Crippen molar-refractivity contribution in [2.45, 2.75) is 25.3 Å². The minimum atomic E-state index is -0.190. The Balaban J connectivity index is 1.76. The Bertz CT molecular complexity index is 527. The summed E-state index contributed by atoms with van der Waals surface area (Å²) >= 11 is 0. The van der Waals surface area contributed by atoms with Crippen LogP contribution in [0.1, 0.15) is 30.0 Å². The van der Waals surface area contributed by atoms with E-state index in [-0.39, 0.29) is 23.8 Å². The molecular formula is C15H18N2O2. The van der Waals surface area contributed by atoms with Crippen molar-refractivity contribution in [3.63, 3.8) is 0 Å². The first-order valence-corrected chi connectivity index (χ1v) is 6.78. The Kier molecular flexibility index (Phi) is 3.01. The Morgan fingerprint density at radius 3 is 2.89 bits per heavy atom. The average molecular weight is 258 g/mol. The maximum Gasteiger partial charge on any atom is 0.228 e. The van der Waals surface area contributed by atoms with Gasteiger partial charge in [0, 0.05) is 20.0 Å². The molecule has 1 aliphatic carbocycles. The average Bonchev–Trinajstić information content (AvgIpc) is 3.03. The zero-order valence-electron chi connectivity index (χ0n) is 11.1. The van der Waals surface area contributed by atoms with E-state index in [0.29, 0.717) is 13.0 Å². The van der Waals surface area contributed by atoms with Gasteiger partial charge in [0.05, 0.1) is 12.0 Å². The van der Waals surface area contributed by atoms with Gasteiger partial charge in [-0.25, -0.2) is 0 Å². The second-order valence-electron chi connectivity index (χ2n) is 5.41. The van der Waals surface area contributed by atoms with Crippen molar-refractivity contribution < 1.29 is 9.59 Å². The van der Waals surface area contributed by atoms with Gasteiger partial charge < -0.3 is 10.2 Å². The molecule has 1 aromatic rings. The second-order valence-corrected chi connectivity index (χ2v) is 5.41. The van der Waals surface area contributed by atoms with Gasteiger partial charge in [-0.3, -0.25) is 9.59 Å². The minimum Gasteiger partial charge on any atom is -0.355 e. The fourth-order valence-electron chi connectivity index (χ4n) is 3.16. The Labute approximate surface area is 112 Å². The summed E-state index contributed by atoms with van der Waals surface area (Å²) in [5.41, 5.74) is 2.60. The van der Waals surface area contributed by atoms with Crippen LogP contribution in [0.2, 0.25) is 0 Å². The van der Waals surface area contributed by atoms with Gasteiger partial charge in [-0.15, -0.1) is 0 Å². The molecule has 0 bridgehead atoms. The van der Waals surface area contributed by atoms with E-state index in [4.69, 9.17) is 0 Å². The molecule has 0 saturated carbocycles. The molecule has 100 valence electrons. The molecule has 1 saturated heterocycles. The first-order valence-electron chi connectivity index (χ1n) is 6.78. The Hall–Kier alpha value is -1.84. The number of nitrogens with zero attached hydrogens (tertiary/aromatic N) is 1. The quantitative estimate of drug-likeness (QED) is 0.868. The van der Waals surface area contributed by atoms with E-state index >= 15 is 0 Å². The molecule has 2 atom stereocenters. The monoisotopic (exact) mass is 258 g/mol. The van der Waals surface area contributed by atoms with E-state index in [0.717, 1.165) is 12.8 Å². The third-order valence-corrected chi connectivity index (χ3v) is 4.24. The van der Waals surface area contributed by atoms with Crippen molar-refractivity contribution in [1.29, 1.82) is 0 Å². The molecule has 1 aromatic carbocycles. The lowest BCUT2D eigenvalue weighted by atomic mass is 10.0. The predicted octanol–water partition coefficient (Wildman–Crippen LogP) is 1.27. The number of hydrogen-bond acceptors (Lipinski definition) is 2. The molecule has 4 nitrogen and oxygen atoms in total. The number of carbonyl (C=O) groups is 2. The SMILES string of the molecule is CN(C(=O)C1CNC(=O)C1)C1CCc2ccccc21. The first-order chi connectivity index (χ1) is 9.16. The molecule has 0 radical (unpaired) electrons. The first kappa shape index (κ1) is 12.2. The van der Waals surface area contributed by atoms with Gasteiger partial charge in [0.15, 0.2) is 0 Å². The predicted molar refractivity (Wildman–Crippen MR) is 71.4 cm³/mol. The van der Waals surface area contributed by atoms with Crippen molar-refractivity contribution in [1.82, 2.24) is 10.2 Å². The van der Waals surface area contributed by atoms with E-state index in [1.807, 2.05) is 24.1 Å². The summed E-state index contributed by atoms with van der Waals surface area (Å²) in [4.78, 5) is 25.5. The Morgan fingerprint density at radius 2 is 2.16 bits per heavy atom. The van der Waals surface area contributed by atoms with Gasteiger partial charge in [-0.05, 0) is 24.0 Å². The van der Waals surface area contributed by atoms with Crippen molar-refractivity contribution in [2.75, 3.05) is 13.6 Å². The molecule has 1 heterocycles. The summed E-state index contributed by atoms with van der Waals surface area (Å²) in [7, 11) is 1.86. The largest absolute Gasteiger partial charge is 0.355 e. The van der Waals surface area contributed by atoms with Crippen LogP contribution in [0.15, 0.2) is 24.3 Å². The number of carbonyl (C=O) groups excluding carboxylic acids is 2. The van der Waals surface area contributed by atoms with E-state index in [1.54, 1.807) is 0 Å². The number of fused-ring (bicyclic) bond motifs is 1. The van der Waals surface area contributed by atoms with Crippen LogP contribution in [-0.2, 0) is 16.0 Å².